The summed E-state index contributed by atoms with van der Waals surface area (Å²) in [5.74, 6) is 0.340. The Kier molecular flexibility index (Phi) is 2.84. The van der Waals surface area contributed by atoms with Crippen LogP contribution in [0.2, 0.25) is 0 Å². The summed E-state index contributed by atoms with van der Waals surface area (Å²) in [5, 5.41) is 7.97. The molecule has 104 valence electrons. The van der Waals surface area contributed by atoms with Crippen molar-refractivity contribution in [3.63, 3.8) is 0 Å². The average Bonchev–Trinajstić information content (AvgIpc) is 3.37. The van der Waals surface area contributed by atoms with Gasteiger partial charge in [0, 0.05) is 24.1 Å². The molecule has 2 saturated carbocycles. The largest absolute Gasteiger partial charge is 0.310 e. The highest BCUT2D eigenvalue weighted by Gasteiger charge is 2.31. The van der Waals surface area contributed by atoms with Crippen molar-refractivity contribution in [2.45, 2.75) is 44.2 Å². The van der Waals surface area contributed by atoms with Gasteiger partial charge >= 0.3 is 0 Å². The van der Waals surface area contributed by atoms with Crippen LogP contribution in [-0.2, 0) is 6.54 Å². The summed E-state index contributed by atoms with van der Waals surface area (Å²) in [5.41, 5.74) is 2.98. The topological polar surface area (TPSA) is 29.9 Å². The van der Waals surface area contributed by atoms with Gasteiger partial charge in [0.1, 0.15) is 11.5 Å². The fourth-order valence-corrected chi connectivity index (χ4v) is 2.68. The molecule has 4 heteroatoms. The molecule has 4 rings (SSSR count). The van der Waals surface area contributed by atoms with Crippen molar-refractivity contribution < 1.29 is 4.39 Å². The lowest BCUT2D eigenvalue weighted by Gasteiger charge is -2.10. The maximum absolute atomic E-state index is 14.0. The number of halogens is 1. The third-order valence-electron chi connectivity index (χ3n) is 4.09. The number of rotatable bonds is 5. The first-order chi connectivity index (χ1) is 9.83. The predicted molar refractivity (Wildman–Crippen MR) is 75.4 cm³/mol. The Hall–Kier alpha value is -1.68. The van der Waals surface area contributed by atoms with Gasteiger partial charge in [-0.25, -0.2) is 9.07 Å². The number of nitrogens with one attached hydrogen (secondary N) is 1. The van der Waals surface area contributed by atoms with E-state index in [0.717, 1.165) is 6.54 Å². The molecule has 1 aromatic carbocycles. The van der Waals surface area contributed by atoms with Crippen molar-refractivity contribution in [2.24, 2.45) is 0 Å². The summed E-state index contributed by atoms with van der Waals surface area (Å²) in [6, 6.07) is 7.55. The summed E-state index contributed by atoms with van der Waals surface area (Å²) >= 11 is 0. The van der Waals surface area contributed by atoms with E-state index in [0.29, 0.717) is 17.6 Å². The Balaban J connectivity index is 1.70. The molecule has 1 N–H and O–H groups in total. The Labute approximate surface area is 117 Å². The van der Waals surface area contributed by atoms with E-state index in [9.17, 15) is 4.39 Å². The molecule has 0 aliphatic heterocycles. The van der Waals surface area contributed by atoms with Crippen LogP contribution >= 0.6 is 0 Å². The molecule has 0 amide bonds. The van der Waals surface area contributed by atoms with Crippen LogP contribution in [0.1, 0.15) is 42.9 Å². The van der Waals surface area contributed by atoms with Crippen LogP contribution in [0.15, 0.2) is 30.5 Å². The first kappa shape index (κ1) is 12.1. The van der Waals surface area contributed by atoms with Crippen LogP contribution in [0.5, 0.6) is 0 Å². The van der Waals surface area contributed by atoms with Gasteiger partial charge in [0.25, 0.3) is 0 Å². The van der Waals surface area contributed by atoms with E-state index in [1.165, 1.54) is 43.0 Å². The van der Waals surface area contributed by atoms with Crippen molar-refractivity contribution in [3.05, 3.63) is 47.5 Å². The SMILES string of the molecule is Fc1ccccc1-n1ncc(CNC2CC2)c1C1CC1. The summed E-state index contributed by atoms with van der Waals surface area (Å²) < 4.78 is 15.8. The minimum Gasteiger partial charge on any atom is -0.310 e. The Morgan fingerprint density at radius 1 is 1.20 bits per heavy atom. The Bertz CT molecular complexity index is 626. The second-order valence-corrected chi connectivity index (χ2v) is 5.85. The highest BCUT2D eigenvalue weighted by molar-refractivity contribution is 5.39. The highest BCUT2D eigenvalue weighted by atomic mass is 19.1. The molecule has 2 aliphatic carbocycles. The highest BCUT2D eigenvalue weighted by Crippen LogP contribution is 2.42. The normalized spacial score (nSPS) is 18.4. The molecule has 1 heterocycles. The molecule has 0 bridgehead atoms. The third kappa shape index (κ3) is 2.24. The van der Waals surface area contributed by atoms with E-state index in [4.69, 9.17) is 0 Å². The molecule has 2 aromatic rings. The summed E-state index contributed by atoms with van der Waals surface area (Å²) in [4.78, 5) is 0. The second-order valence-electron chi connectivity index (χ2n) is 5.85. The van der Waals surface area contributed by atoms with Crippen LogP contribution in [0.4, 0.5) is 4.39 Å². The Morgan fingerprint density at radius 2 is 2.00 bits per heavy atom. The van der Waals surface area contributed by atoms with Crippen molar-refractivity contribution >= 4 is 0 Å². The monoisotopic (exact) mass is 271 g/mol. The smallest absolute Gasteiger partial charge is 0.148 e. The van der Waals surface area contributed by atoms with Crippen LogP contribution in [0.25, 0.3) is 5.69 Å². The van der Waals surface area contributed by atoms with E-state index in [1.807, 2.05) is 12.3 Å². The summed E-state index contributed by atoms with van der Waals surface area (Å²) in [6.07, 6.45) is 6.84. The number of aromatic nitrogens is 2. The van der Waals surface area contributed by atoms with Crippen molar-refractivity contribution in [1.82, 2.24) is 15.1 Å². The molecule has 20 heavy (non-hydrogen) atoms. The zero-order valence-corrected chi connectivity index (χ0v) is 11.3. The number of hydrogen-bond acceptors (Lipinski definition) is 2. The molecule has 0 radical (unpaired) electrons. The molecule has 0 atom stereocenters. The van der Waals surface area contributed by atoms with Crippen LogP contribution in [0, 0.1) is 5.82 Å². The molecule has 0 unspecified atom stereocenters. The molecule has 1 aromatic heterocycles. The van der Waals surface area contributed by atoms with Crippen molar-refractivity contribution in [2.75, 3.05) is 0 Å². The van der Waals surface area contributed by atoms with Gasteiger partial charge in [-0.1, -0.05) is 12.1 Å². The quantitative estimate of drug-likeness (QED) is 0.905. The van der Waals surface area contributed by atoms with Gasteiger partial charge in [0.15, 0.2) is 0 Å². The number of nitrogens with zero attached hydrogens (tertiary/aromatic N) is 2. The molecular formula is C16H18FN3. The molecule has 2 aliphatic rings. The van der Waals surface area contributed by atoms with Gasteiger partial charge in [-0.05, 0) is 37.8 Å². The molecule has 0 saturated heterocycles. The van der Waals surface area contributed by atoms with Gasteiger partial charge < -0.3 is 5.32 Å². The predicted octanol–water partition coefficient (Wildman–Crippen LogP) is 3.14. The molecule has 2 fully saturated rings. The lowest BCUT2D eigenvalue weighted by Crippen LogP contribution is -2.16. The van der Waals surface area contributed by atoms with E-state index < -0.39 is 0 Å². The number of para-hydroxylation sites is 1. The molecular weight excluding hydrogens is 253 g/mol. The second kappa shape index (κ2) is 4.70. The van der Waals surface area contributed by atoms with Gasteiger partial charge in [0.2, 0.25) is 0 Å². The van der Waals surface area contributed by atoms with E-state index >= 15 is 0 Å². The lowest BCUT2D eigenvalue weighted by molar-refractivity contribution is 0.605. The van der Waals surface area contributed by atoms with Gasteiger partial charge in [-0.3, -0.25) is 0 Å². The summed E-state index contributed by atoms with van der Waals surface area (Å²) in [7, 11) is 0. The van der Waals surface area contributed by atoms with Crippen molar-refractivity contribution in [1.29, 1.82) is 0 Å². The number of benzene rings is 1. The van der Waals surface area contributed by atoms with Crippen LogP contribution < -0.4 is 5.32 Å². The minimum absolute atomic E-state index is 0.209. The molecule has 3 nitrogen and oxygen atoms in total. The zero-order chi connectivity index (χ0) is 13.5. The van der Waals surface area contributed by atoms with Crippen molar-refractivity contribution in [3.8, 4) is 5.69 Å². The van der Waals surface area contributed by atoms with Gasteiger partial charge in [0.05, 0.1) is 11.9 Å². The summed E-state index contributed by atoms with van der Waals surface area (Å²) in [6.45, 7) is 0.852. The fraction of sp³-hybridized carbons (Fsp3) is 0.438. The third-order valence-corrected chi connectivity index (χ3v) is 4.09. The zero-order valence-electron chi connectivity index (χ0n) is 11.3. The maximum Gasteiger partial charge on any atom is 0.148 e. The lowest BCUT2D eigenvalue weighted by atomic mass is 10.1. The van der Waals surface area contributed by atoms with Gasteiger partial charge in [-0.2, -0.15) is 5.10 Å². The van der Waals surface area contributed by atoms with Crippen LogP contribution in [0.3, 0.4) is 0 Å². The van der Waals surface area contributed by atoms with Crippen LogP contribution in [-0.4, -0.2) is 15.8 Å². The van der Waals surface area contributed by atoms with E-state index in [-0.39, 0.29) is 5.82 Å². The minimum atomic E-state index is -0.209. The number of hydrogen-bond donors (Lipinski definition) is 1. The first-order valence-corrected chi connectivity index (χ1v) is 7.38. The standard InChI is InChI=1S/C16H18FN3/c17-14-3-1-2-4-15(14)20-16(11-5-6-11)12(10-19-20)9-18-13-7-8-13/h1-4,10-11,13,18H,5-9H2. The molecule has 0 spiro atoms. The fourth-order valence-electron chi connectivity index (χ4n) is 2.68. The Morgan fingerprint density at radius 3 is 2.70 bits per heavy atom. The van der Waals surface area contributed by atoms with E-state index in [1.54, 1.807) is 16.8 Å². The van der Waals surface area contributed by atoms with Gasteiger partial charge in [-0.15, -0.1) is 0 Å². The van der Waals surface area contributed by atoms with E-state index in [2.05, 4.69) is 10.4 Å². The maximum atomic E-state index is 14.0. The average molecular weight is 271 g/mol. The first-order valence-electron chi connectivity index (χ1n) is 7.38.